The van der Waals surface area contributed by atoms with Gasteiger partial charge in [0.05, 0.1) is 20.6 Å². The van der Waals surface area contributed by atoms with Crippen molar-refractivity contribution in [3.63, 3.8) is 0 Å². The van der Waals surface area contributed by atoms with E-state index in [9.17, 15) is 18.0 Å². The quantitative estimate of drug-likeness (QED) is 0.280. The molecule has 0 aliphatic heterocycles. The van der Waals surface area contributed by atoms with Crippen molar-refractivity contribution < 1.29 is 18.0 Å². The van der Waals surface area contributed by atoms with Crippen LogP contribution >= 0.6 is 23.2 Å². The summed E-state index contributed by atoms with van der Waals surface area (Å²) in [5.41, 5.74) is 1.94. The number of carbonyl (C=O) groups is 2. The number of halogens is 2. The van der Waals surface area contributed by atoms with Crippen LogP contribution in [0.1, 0.15) is 38.3 Å². The molecule has 7 nitrogen and oxygen atoms in total. The van der Waals surface area contributed by atoms with Crippen molar-refractivity contribution in [3.8, 4) is 0 Å². The number of anilines is 1. The topological polar surface area (TPSA) is 86.8 Å². The van der Waals surface area contributed by atoms with Gasteiger partial charge in [-0.05, 0) is 63.4 Å². The summed E-state index contributed by atoms with van der Waals surface area (Å²) in [6.07, 6.45) is 1.21. The van der Waals surface area contributed by atoms with E-state index in [0.717, 1.165) is 21.9 Å². The van der Waals surface area contributed by atoms with Gasteiger partial charge in [0.2, 0.25) is 11.8 Å². The summed E-state index contributed by atoms with van der Waals surface area (Å²) in [5.74, 6) is -0.862. The van der Waals surface area contributed by atoms with Crippen LogP contribution in [-0.2, 0) is 26.0 Å². The molecule has 0 radical (unpaired) electrons. The molecule has 10 heteroatoms. The maximum absolute atomic E-state index is 13.9. The fourth-order valence-corrected chi connectivity index (χ4v) is 5.95. The van der Waals surface area contributed by atoms with Crippen molar-refractivity contribution in [2.45, 2.75) is 57.5 Å². The number of rotatable bonds is 12. The van der Waals surface area contributed by atoms with Crippen molar-refractivity contribution in [1.82, 2.24) is 10.2 Å². The molecule has 0 saturated carbocycles. The number of amides is 2. The summed E-state index contributed by atoms with van der Waals surface area (Å²) < 4.78 is 28.8. The highest BCUT2D eigenvalue weighted by molar-refractivity contribution is 7.92. The number of aryl methyl sites for hydroxylation is 1. The molecule has 2 atom stereocenters. The van der Waals surface area contributed by atoms with E-state index < -0.39 is 28.5 Å². The van der Waals surface area contributed by atoms with Gasteiger partial charge in [0.25, 0.3) is 10.0 Å². The third kappa shape index (κ3) is 7.77. The molecule has 0 aromatic heterocycles. The minimum Gasteiger partial charge on any atom is -0.352 e. The predicted molar refractivity (Wildman–Crippen MR) is 161 cm³/mol. The van der Waals surface area contributed by atoms with Crippen molar-refractivity contribution in [2.24, 2.45) is 0 Å². The van der Waals surface area contributed by atoms with E-state index in [4.69, 9.17) is 23.2 Å². The number of nitrogens with zero attached hydrogens (tertiary/aromatic N) is 2. The lowest BCUT2D eigenvalue weighted by Gasteiger charge is -2.32. The minimum atomic E-state index is -4.23. The smallest absolute Gasteiger partial charge is 0.264 e. The number of carbonyl (C=O) groups excluding carboxylic acids is 2. The number of hydrogen-bond donors (Lipinski definition) is 1. The van der Waals surface area contributed by atoms with Crippen molar-refractivity contribution in [3.05, 3.63) is 94.0 Å². The number of nitrogens with one attached hydrogen (secondary N) is 1. The fraction of sp³-hybridized carbons (Fsp3) is 0.333. The van der Waals surface area contributed by atoms with Crippen LogP contribution in [0.15, 0.2) is 77.7 Å². The molecule has 1 N–H and O–H groups in total. The zero-order valence-corrected chi connectivity index (χ0v) is 25.4. The van der Waals surface area contributed by atoms with Crippen molar-refractivity contribution in [2.75, 3.05) is 17.4 Å². The molecule has 214 valence electrons. The van der Waals surface area contributed by atoms with E-state index in [2.05, 4.69) is 5.32 Å². The Labute approximate surface area is 247 Å². The molecule has 2 amide bonds. The first-order valence-electron chi connectivity index (χ1n) is 13.1. The molecule has 0 saturated heterocycles. The lowest BCUT2D eigenvalue weighted by molar-refractivity contribution is -0.139. The lowest BCUT2D eigenvalue weighted by Crippen LogP contribution is -2.53. The van der Waals surface area contributed by atoms with Crippen LogP contribution in [0.5, 0.6) is 0 Å². The summed E-state index contributed by atoms with van der Waals surface area (Å²) in [7, 11) is -4.23. The third-order valence-corrected chi connectivity index (χ3v) is 9.32. The second-order valence-electron chi connectivity index (χ2n) is 9.71. The maximum atomic E-state index is 13.9. The van der Waals surface area contributed by atoms with Crippen LogP contribution in [0.25, 0.3) is 0 Å². The van der Waals surface area contributed by atoms with Gasteiger partial charge < -0.3 is 10.2 Å². The molecule has 0 aliphatic carbocycles. The van der Waals surface area contributed by atoms with Gasteiger partial charge in [-0.1, -0.05) is 84.2 Å². The summed E-state index contributed by atoms with van der Waals surface area (Å²) in [6, 6.07) is 19.6. The summed E-state index contributed by atoms with van der Waals surface area (Å²) in [5, 5.41) is 3.08. The van der Waals surface area contributed by atoms with Gasteiger partial charge in [0.1, 0.15) is 12.6 Å². The van der Waals surface area contributed by atoms with Gasteiger partial charge in [-0.2, -0.15) is 0 Å². The molecule has 0 bridgehead atoms. The fourth-order valence-electron chi connectivity index (χ4n) is 4.07. The standard InChI is InChI=1S/C30H35Cl2N3O4S/c1-5-22(3)33-30(37)23(4)34(19-18-24-10-7-6-8-11-24)28(36)20-35(27-13-9-12-26(31)29(27)32)40(38,39)25-16-14-21(2)15-17-25/h6-17,22-23H,5,18-20H2,1-4H3,(H,33,37)/t22-,23+/m0/s1. The summed E-state index contributed by atoms with van der Waals surface area (Å²) >= 11 is 12.7. The highest BCUT2D eigenvalue weighted by Gasteiger charge is 2.33. The largest absolute Gasteiger partial charge is 0.352 e. The highest BCUT2D eigenvalue weighted by atomic mass is 35.5. The van der Waals surface area contributed by atoms with Crippen LogP contribution in [-0.4, -0.2) is 50.3 Å². The molecule has 40 heavy (non-hydrogen) atoms. The SMILES string of the molecule is CC[C@H](C)NC(=O)[C@@H](C)N(CCc1ccccc1)C(=O)CN(c1cccc(Cl)c1Cl)S(=O)(=O)c1ccc(C)cc1. The van der Waals surface area contributed by atoms with Gasteiger partial charge in [-0.15, -0.1) is 0 Å². The second-order valence-corrected chi connectivity index (χ2v) is 12.4. The van der Waals surface area contributed by atoms with E-state index in [1.807, 2.05) is 51.1 Å². The van der Waals surface area contributed by atoms with Crippen LogP contribution in [0.4, 0.5) is 5.69 Å². The van der Waals surface area contributed by atoms with Gasteiger partial charge >= 0.3 is 0 Å². The van der Waals surface area contributed by atoms with Gasteiger partial charge in [-0.25, -0.2) is 8.42 Å². The molecule has 0 unspecified atom stereocenters. The zero-order valence-electron chi connectivity index (χ0n) is 23.1. The minimum absolute atomic E-state index is 0.000315. The van der Waals surface area contributed by atoms with Gasteiger partial charge in [-0.3, -0.25) is 13.9 Å². The Hall–Kier alpha value is -3.07. The van der Waals surface area contributed by atoms with Crippen molar-refractivity contribution in [1.29, 1.82) is 0 Å². The third-order valence-electron chi connectivity index (χ3n) is 6.74. The molecule has 3 aromatic rings. The molecule has 0 spiro atoms. The Kier molecular flexibility index (Phi) is 11.0. The highest BCUT2D eigenvalue weighted by Crippen LogP contribution is 2.35. The number of benzene rings is 3. The number of sulfonamides is 1. The number of hydrogen-bond acceptors (Lipinski definition) is 4. The first-order valence-corrected chi connectivity index (χ1v) is 15.3. The van der Waals surface area contributed by atoms with Crippen molar-refractivity contribution >= 4 is 50.7 Å². The van der Waals surface area contributed by atoms with Gasteiger partial charge in [0.15, 0.2) is 0 Å². The second kappa shape index (κ2) is 14.0. The molecular weight excluding hydrogens is 569 g/mol. The molecule has 0 aliphatic rings. The van der Waals surface area contributed by atoms with Crippen LogP contribution < -0.4 is 9.62 Å². The zero-order chi connectivity index (χ0) is 29.4. The molecule has 3 rings (SSSR count). The lowest BCUT2D eigenvalue weighted by atomic mass is 10.1. The Morgan fingerprint density at radius 2 is 1.57 bits per heavy atom. The van der Waals surface area contributed by atoms with E-state index >= 15 is 0 Å². The average molecular weight is 605 g/mol. The first kappa shape index (κ1) is 31.5. The monoisotopic (exact) mass is 603 g/mol. The molecule has 3 aromatic carbocycles. The maximum Gasteiger partial charge on any atom is 0.264 e. The van der Waals surface area contributed by atoms with Gasteiger partial charge in [0, 0.05) is 12.6 Å². The molecule has 0 heterocycles. The molecule has 0 fully saturated rings. The summed E-state index contributed by atoms with van der Waals surface area (Å²) in [6.45, 7) is 6.97. The Bertz CT molecular complexity index is 1420. The van der Waals surface area contributed by atoms with Crippen LogP contribution in [0, 0.1) is 6.92 Å². The summed E-state index contributed by atoms with van der Waals surface area (Å²) in [4.78, 5) is 28.5. The van der Waals surface area contributed by atoms with E-state index in [0.29, 0.717) is 6.42 Å². The van der Waals surface area contributed by atoms with E-state index in [1.165, 1.54) is 23.1 Å². The Morgan fingerprint density at radius 1 is 0.925 bits per heavy atom. The van der Waals surface area contributed by atoms with Crippen LogP contribution in [0.2, 0.25) is 10.0 Å². The molecular formula is C30H35Cl2N3O4S. The average Bonchev–Trinajstić information content (AvgIpc) is 2.94. The normalized spacial score (nSPS) is 12.8. The Morgan fingerprint density at radius 3 is 2.20 bits per heavy atom. The Balaban J connectivity index is 2.01. The van der Waals surface area contributed by atoms with E-state index in [1.54, 1.807) is 31.2 Å². The first-order chi connectivity index (χ1) is 18.9. The van der Waals surface area contributed by atoms with E-state index in [-0.39, 0.29) is 39.1 Å². The van der Waals surface area contributed by atoms with Crippen LogP contribution in [0.3, 0.4) is 0 Å². The predicted octanol–water partition coefficient (Wildman–Crippen LogP) is 5.87.